The predicted molar refractivity (Wildman–Crippen MR) is 64.7 cm³/mol. The minimum Gasteiger partial charge on any atom is -0.324 e. The molecule has 0 aromatic carbocycles. The molecule has 0 saturated carbocycles. The molecule has 1 aromatic rings. The fourth-order valence-electron chi connectivity index (χ4n) is 1.62. The lowest BCUT2D eigenvalue weighted by Crippen LogP contribution is -2.08. The molecule has 1 aromatic heterocycles. The molecule has 0 aliphatic rings. The van der Waals surface area contributed by atoms with Crippen LogP contribution in [0.3, 0.4) is 0 Å². The van der Waals surface area contributed by atoms with Crippen LogP contribution in [0.2, 0.25) is 0 Å². The highest BCUT2D eigenvalue weighted by Gasteiger charge is 2.06. The standard InChI is InChI=1S/C12H21NS/c1-3-4-5-6-7-12(13)11-8-10(2)14-9-11/h8-9,12H,3-7,13H2,1-2H3. The average Bonchev–Trinajstić information content (AvgIpc) is 2.59. The van der Waals surface area contributed by atoms with Crippen LogP contribution in [-0.2, 0) is 0 Å². The molecule has 0 bridgehead atoms. The Labute approximate surface area is 91.3 Å². The lowest BCUT2D eigenvalue weighted by atomic mass is 10.0. The van der Waals surface area contributed by atoms with Gasteiger partial charge in [0.1, 0.15) is 0 Å². The second-order valence-corrected chi connectivity index (χ2v) is 5.06. The second-order valence-electron chi connectivity index (χ2n) is 3.95. The van der Waals surface area contributed by atoms with E-state index in [4.69, 9.17) is 5.73 Å². The minimum absolute atomic E-state index is 0.261. The predicted octanol–water partition coefficient (Wildman–Crippen LogP) is 4.03. The Balaban J connectivity index is 2.25. The van der Waals surface area contributed by atoms with Crippen LogP contribution < -0.4 is 5.73 Å². The van der Waals surface area contributed by atoms with Gasteiger partial charge in [-0.1, -0.05) is 32.6 Å². The fourth-order valence-corrected chi connectivity index (χ4v) is 2.38. The zero-order valence-corrected chi connectivity index (χ0v) is 10.1. The molecule has 2 heteroatoms. The van der Waals surface area contributed by atoms with E-state index in [2.05, 4.69) is 25.3 Å². The first-order chi connectivity index (χ1) is 6.74. The zero-order chi connectivity index (χ0) is 10.4. The number of nitrogens with two attached hydrogens (primary N) is 1. The Hall–Kier alpha value is -0.340. The Morgan fingerprint density at radius 1 is 1.36 bits per heavy atom. The Morgan fingerprint density at radius 3 is 2.71 bits per heavy atom. The van der Waals surface area contributed by atoms with Gasteiger partial charge in [0.05, 0.1) is 0 Å². The van der Waals surface area contributed by atoms with Gasteiger partial charge in [-0.05, 0) is 30.4 Å². The van der Waals surface area contributed by atoms with E-state index in [0.717, 1.165) is 6.42 Å². The van der Waals surface area contributed by atoms with Crippen molar-refractivity contribution < 1.29 is 0 Å². The van der Waals surface area contributed by atoms with Crippen molar-refractivity contribution in [2.45, 2.75) is 52.0 Å². The maximum absolute atomic E-state index is 6.10. The maximum atomic E-state index is 6.10. The summed E-state index contributed by atoms with van der Waals surface area (Å²) in [6, 6.07) is 2.48. The third-order valence-electron chi connectivity index (χ3n) is 2.55. The normalized spacial score (nSPS) is 13.1. The molecule has 0 aliphatic carbocycles. The number of unbranched alkanes of at least 4 members (excludes halogenated alkanes) is 3. The molecule has 0 amide bonds. The van der Waals surface area contributed by atoms with Crippen LogP contribution in [0, 0.1) is 6.92 Å². The molecule has 0 fully saturated rings. The van der Waals surface area contributed by atoms with E-state index in [9.17, 15) is 0 Å². The zero-order valence-electron chi connectivity index (χ0n) is 9.25. The number of rotatable bonds is 6. The third-order valence-corrected chi connectivity index (χ3v) is 3.43. The van der Waals surface area contributed by atoms with Crippen LogP contribution >= 0.6 is 11.3 Å². The number of hydrogen-bond acceptors (Lipinski definition) is 2. The van der Waals surface area contributed by atoms with Crippen LogP contribution in [0.1, 0.15) is 55.5 Å². The molecule has 0 radical (unpaired) electrons. The van der Waals surface area contributed by atoms with Gasteiger partial charge in [-0.3, -0.25) is 0 Å². The Morgan fingerprint density at radius 2 is 2.14 bits per heavy atom. The summed E-state index contributed by atoms with van der Waals surface area (Å²) < 4.78 is 0. The SMILES string of the molecule is CCCCCCC(N)c1csc(C)c1. The molecule has 1 nitrogen and oxygen atoms in total. The largest absolute Gasteiger partial charge is 0.324 e. The highest BCUT2D eigenvalue weighted by Crippen LogP contribution is 2.22. The fraction of sp³-hybridized carbons (Fsp3) is 0.667. The molecule has 1 unspecified atom stereocenters. The van der Waals surface area contributed by atoms with Crippen LogP contribution in [0.25, 0.3) is 0 Å². The summed E-state index contributed by atoms with van der Waals surface area (Å²) in [5.41, 5.74) is 7.42. The lowest BCUT2D eigenvalue weighted by molar-refractivity contribution is 0.567. The van der Waals surface area contributed by atoms with Crippen molar-refractivity contribution in [3.63, 3.8) is 0 Å². The minimum atomic E-state index is 0.261. The molecule has 0 saturated heterocycles. The summed E-state index contributed by atoms with van der Waals surface area (Å²) in [6.07, 6.45) is 6.37. The summed E-state index contributed by atoms with van der Waals surface area (Å²) in [6.45, 7) is 4.38. The van der Waals surface area contributed by atoms with Gasteiger partial charge in [-0.2, -0.15) is 0 Å². The van der Waals surface area contributed by atoms with Gasteiger partial charge in [-0.15, -0.1) is 11.3 Å². The van der Waals surface area contributed by atoms with E-state index in [1.165, 1.54) is 36.1 Å². The first-order valence-electron chi connectivity index (χ1n) is 5.54. The Bertz CT molecular complexity index is 255. The van der Waals surface area contributed by atoms with Gasteiger partial charge in [0.15, 0.2) is 0 Å². The van der Waals surface area contributed by atoms with E-state index in [1.54, 1.807) is 11.3 Å². The first kappa shape index (κ1) is 11.7. The van der Waals surface area contributed by atoms with Gasteiger partial charge in [0, 0.05) is 10.9 Å². The molecule has 0 aliphatic heterocycles. The molecular weight excluding hydrogens is 190 g/mol. The summed E-state index contributed by atoms with van der Waals surface area (Å²) in [4.78, 5) is 1.36. The van der Waals surface area contributed by atoms with Crippen molar-refractivity contribution in [3.8, 4) is 0 Å². The van der Waals surface area contributed by atoms with Gasteiger partial charge in [0.25, 0.3) is 0 Å². The van der Waals surface area contributed by atoms with Crippen molar-refractivity contribution in [1.82, 2.24) is 0 Å². The summed E-state index contributed by atoms with van der Waals surface area (Å²) in [5.74, 6) is 0. The first-order valence-corrected chi connectivity index (χ1v) is 6.42. The molecule has 80 valence electrons. The lowest BCUT2D eigenvalue weighted by Gasteiger charge is -2.08. The van der Waals surface area contributed by atoms with Crippen LogP contribution in [-0.4, -0.2) is 0 Å². The molecule has 1 rings (SSSR count). The summed E-state index contributed by atoms with van der Waals surface area (Å²) >= 11 is 1.80. The molecule has 0 spiro atoms. The number of hydrogen-bond donors (Lipinski definition) is 1. The van der Waals surface area contributed by atoms with Crippen molar-refractivity contribution >= 4 is 11.3 Å². The number of thiophene rings is 1. The van der Waals surface area contributed by atoms with Gasteiger partial charge in [0.2, 0.25) is 0 Å². The van der Waals surface area contributed by atoms with E-state index < -0.39 is 0 Å². The quantitative estimate of drug-likeness (QED) is 0.706. The van der Waals surface area contributed by atoms with E-state index >= 15 is 0 Å². The molecule has 2 N–H and O–H groups in total. The second kappa shape index (κ2) is 6.20. The Kier molecular flexibility index (Phi) is 5.20. The molecule has 14 heavy (non-hydrogen) atoms. The van der Waals surface area contributed by atoms with Crippen molar-refractivity contribution in [2.24, 2.45) is 5.73 Å². The smallest absolute Gasteiger partial charge is 0.0303 e. The van der Waals surface area contributed by atoms with E-state index in [1.807, 2.05) is 0 Å². The van der Waals surface area contributed by atoms with Crippen LogP contribution in [0.15, 0.2) is 11.4 Å². The molecule has 1 heterocycles. The molecular formula is C12H21NS. The summed E-state index contributed by atoms with van der Waals surface area (Å²) in [7, 11) is 0. The maximum Gasteiger partial charge on any atom is 0.0303 e. The monoisotopic (exact) mass is 211 g/mol. The van der Waals surface area contributed by atoms with Crippen molar-refractivity contribution in [3.05, 3.63) is 21.9 Å². The topological polar surface area (TPSA) is 26.0 Å². The van der Waals surface area contributed by atoms with Crippen molar-refractivity contribution in [1.29, 1.82) is 0 Å². The van der Waals surface area contributed by atoms with E-state index in [-0.39, 0.29) is 6.04 Å². The van der Waals surface area contributed by atoms with Crippen LogP contribution in [0.5, 0.6) is 0 Å². The average molecular weight is 211 g/mol. The highest BCUT2D eigenvalue weighted by molar-refractivity contribution is 7.10. The third kappa shape index (κ3) is 3.81. The summed E-state index contributed by atoms with van der Waals surface area (Å²) in [5, 5.41) is 2.19. The van der Waals surface area contributed by atoms with Gasteiger partial charge < -0.3 is 5.73 Å². The van der Waals surface area contributed by atoms with Crippen LogP contribution in [0.4, 0.5) is 0 Å². The number of aryl methyl sites for hydroxylation is 1. The van der Waals surface area contributed by atoms with E-state index in [0.29, 0.717) is 0 Å². The van der Waals surface area contributed by atoms with Crippen molar-refractivity contribution in [2.75, 3.05) is 0 Å². The highest BCUT2D eigenvalue weighted by atomic mass is 32.1. The van der Waals surface area contributed by atoms with Gasteiger partial charge in [-0.25, -0.2) is 0 Å². The molecule has 1 atom stereocenters. The van der Waals surface area contributed by atoms with Gasteiger partial charge >= 0.3 is 0 Å².